The van der Waals surface area contributed by atoms with Gasteiger partial charge in [-0.05, 0) is 14.1 Å². The second-order valence-electron chi connectivity index (χ2n) is 4.85. The second kappa shape index (κ2) is 10.1. The van der Waals surface area contributed by atoms with Crippen LogP contribution in [0.5, 0.6) is 0 Å². The molecule has 1 heterocycles. The van der Waals surface area contributed by atoms with E-state index in [-0.39, 0.29) is 5.82 Å². The van der Waals surface area contributed by atoms with E-state index < -0.39 is 4.92 Å². The average molecular weight is 360 g/mol. The van der Waals surface area contributed by atoms with Crippen molar-refractivity contribution < 1.29 is 4.92 Å². The van der Waals surface area contributed by atoms with Gasteiger partial charge in [0.05, 0.1) is 15.9 Å². The van der Waals surface area contributed by atoms with Gasteiger partial charge in [-0.25, -0.2) is 9.99 Å². The van der Waals surface area contributed by atoms with Crippen LogP contribution in [0.4, 0.5) is 0 Å². The van der Waals surface area contributed by atoms with E-state index in [2.05, 4.69) is 20.5 Å². The number of hydrogen-bond donors (Lipinski definition) is 1. The summed E-state index contributed by atoms with van der Waals surface area (Å²) in [5, 5.41) is 20.0. The van der Waals surface area contributed by atoms with Crippen LogP contribution >= 0.6 is 23.1 Å². The first-order chi connectivity index (χ1) is 10.9. The molecular formula is C12H20N6O3S2. The van der Waals surface area contributed by atoms with Crippen LogP contribution < -0.4 is 5.32 Å². The normalized spacial score (nSPS) is 11.6. The molecule has 0 aliphatic heterocycles. The summed E-state index contributed by atoms with van der Waals surface area (Å²) in [6.45, 7) is 1.32. The molecule has 1 aromatic heterocycles. The lowest BCUT2D eigenvalue weighted by molar-refractivity contribution is -0.404. The fourth-order valence-corrected chi connectivity index (χ4v) is 3.34. The number of thioether (sulfide) groups is 1. The van der Waals surface area contributed by atoms with E-state index in [9.17, 15) is 15.0 Å². The molecule has 9 nitrogen and oxygen atoms in total. The molecule has 0 saturated heterocycles. The second-order valence-corrected chi connectivity index (χ2v) is 6.90. The molecule has 0 fully saturated rings. The van der Waals surface area contributed by atoms with Crippen LogP contribution in [0.15, 0.2) is 22.7 Å². The molecule has 0 aromatic carbocycles. The Morgan fingerprint density at radius 3 is 2.91 bits per heavy atom. The highest BCUT2D eigenvalue weighted by Gasteiger charge is 2.09. The first-order valence-electron chi connectivity index (χ1n) is 6.74. The molecule has 11 heteroatoms. The third-order valence-electron chi connectivity index (χ3n) is 2.55. The Morgan fingerprint density at radius 2 is 2.30 bits per heavy atom. The Balaban J connectivity index is 2.32. The number of hydrogen-bond acceptors (Lipinski definition) is 9. The molecule has 0 aliphatic carbocycles. The molecule has 0 saturated carbocycles. The summed E-state index contributed by atoms with van der Waals surface area (Å²) in [6.07, 6.45) is 0.722. The van der Waals surface area contributed by atoms with Crippen LogP contribution in [0, 0.1) is 15.0 Å². The summed E-state index contributed by atoms with van der Waals surface area (Å²) in [7, 11) is 5.36. The molecule has 1 N–H and O–H groups in total. The third kappa shape index (κ3) is 7.90. The van der Waals surface area contributed by atoms with Gasteiger partial charge in [0.2, 0.25) is 0 Å². The van der Waals surface area contributed by atoms with Gasteiger partial charge in [0, 0.05) is 37.0 Å². The van der Waals surface area contributed by atoms with Crippen LogP contribution in [-0.4, -0.2) is 53.3 Å². The predicted molar refractivity (Wildman–Crippen MR) is 92.3 cm³/mol. The lowest BCUT2D eigenvalue weighted by Gasteiger charge is -2.12. The van der Waals surface area contributed by atoms with Crippen molar-refractivity contribution in [2.75, 3.05) is 33.4 Å². The molecule has 0 unspecified atom stereocenters. The third-order valence-corrected chi connectivity index (χ3v) is 4.43. The smallest absolute Gasteiger partial charge is 0.276 e. The van der Waals surface area contributed by atoms with E-state index in [0.29, 0.717) is 6.54 Å². The minimum Gasteiger partial charge on any atom is -0.364 e. The maximum absolute atomic E-state index is 10.5. The zero-order valence-electron chi connectivity index (χ0n) is 13.3. The van der Waals surface area contributed by atoms with Gasteiger partial charge in [0.25, 0.3) is 6.20 Å². The molecule has 0 spiro atoms. The minimum atomic E-state index is -0.626. The summed E-state index contributed by atoms with van der Waals surface area (Å²) in [5.41, 5.74) is 1.03. The van der Waals surface area contributed by atoms with E-state index in [4.69, 9.17) is 0 Å². The average Bonchev–Trinajstić information content (AvgIpc) is 2.91. The Hall–Kier alpha value is -1.72. The summed E-state index contributed by atoms with van der Waals surface area (Å²) in [4.78, 5) is 26.9. The van der Waals surface area contributed by atoms with Crippen molar-refractivity contribution in [2.45, 2.75) is 12.3 Å². The maximum atomic E-state index is 10.5. The van der Waals surface area contributed by atoms with Gasteiger partial charge in [0.1, 0.15) is 5.01 Å². The fraction of sp³-hybridized carbons (Fsp3) is 0.583. The Morgan fingerprint density at radius 1 is 1.57 bits per heavy atom. The maximum Gasteiger partial charge on any atom is 0.276 e. The predicted octanol–water partition coefficient (Wildman–Crippen LogP) is 1.72. The van der Waals surface area contributed by atoms with Crippen molar-refractivity contribution >= 4 is 23.1 Å². The van der Waals surface area contributed by atoms with Crippen LogP contribution in [0.1, 0.15) is 10.7 Å². The van der Waals surface area contributed by atoms with E-state index in [1.54, 1.807) is 23.1 Å². The van der Waals surface area contributed by atoms with Crippen molar-refractivity contribution in [1.82, 2.24) is 20.2 Å². The van der Waals surface area contributed by atoms with Gasteiger partial charge >= 0.3 is 0 Å². The van der Waals surface area contributed by atoms with Gasteiger partial charge in [-0.1, -0.05) is 0 Å². The van der Waals surface area contributed by atoms with Gasteiger partial charge in [-0.2, -0.15) is 11.8 Å². The molecule has 128 valence electrons. The van der Waals surface area contributed by atoms with Crippen LogP contribution in [0.3, 0.4) is 0 Å². The largest absolute Gasteiger partial charge is 0.364 e. The van der Waals surface area contributed by atoms with E-state index in [1.807, 2.05) is 19.5 Å². The topological polar surface area (TPSA) is 104 Å². The summed E-state index contributed by atoms with van der Waals surface area (Å²) in [6, 6.07) is 0. The zero-order valence-corrected chi connectivity index (χ0v) is 14.9. The number of rotatable bonds is 11. The van der Waals surface area contributed by atoms with Gasteiger partial charge in [0.15, 0.2) is 5.82 Å². The Kier molecular flexibility index (Phi) is 8.51. The molecule has 1 aromatic rings. The molecule has 23 heavy (non-hydrogen) atoms. The number of aromatic nitrogens is 1. The molecule has 0 amide bonds. The highest BCUT2D eigenvalue weighted by Crippen LogP contribution is 2.16. The Labute approximate surface area is 142 Å². The number of nitrogens with zero attached hydrogens (tertiary/aromatic N) is 5. The van der Waals surface area contributed by atoms with Crippen LogP contribution in [-0.2, 0) is 12.3 Å². The standard InChI is InChI=1S/C12H20N6O3S2/c1-16(2)7-12-14-10(9-23-12)8-22-5-4-13-11(6-18(20)21)17(3)15-19/h6,9,13H,4-5,7-8H2,1-3H3/b11-6-. The van der Waals surface area contributed by atoms with E-state index in [0.717, 1.165) is 40.0 Å². The lowest BCUT2D eigenvalue weighted by atomic mass is 10.5. The quantitative estimate of drug-likeness (QED) is 0.275. The number of nitro groups is 1. The SMILES string of the molecule is CN(C)Cc1nc(CSCCN/C(=C/[N+](=O)[O-])N(C)N=O)cs1. The highest BCUT2D eigenvalue weighted by molar-refractivity contribution is 7.98. The monoisotopic (exact) mass is 360 g/mol. The first kappa shape index (κ1) is 19.3. The minimum absolute atomic E-state index is 0.0625. The molecule has 1 rings (SSSR count). The number of nitrogens with one attached hydrogen (secondary N) is 1. The summed E-state index contributed by atoms with van der Waals surface area (Å²) in [5.74, 6) is 1.57. The van der Waals surface area contributed by atoms with Gasteiger partial charge in [-0.3, -0.25) is 10.1 Å². The first-order valence-corrected chi connectivity index (χ1v) is 8.77. The lowest BCUT2D eigenvalue weighted by Crippen LogP contribution is -2.27. The van der Waals surface area contributed by atoms with Crippen molar-refractivity contribution in [3.05, 3.63) is 43.1 Å². The summed E-state index contributed by atoms with van der Waals surface area (Å²) < 4.78 is 0. The number of thiazole rings is 1. The zero-order chi connectivity index (χ0) is 17.2. The van der Waals surface area contributed by atoms with Crippen molar-refractivity contribution in [1.29, 1.82) is 0 Å². The van der Waals surface area contributed by atoms with Gasteiger partial charge < -0.3 is 10.2 Å². The molecule has 0 bridgehead atoms. The van der Waals surface area contributed by atoms with E-state index in [1.165, 1.54) is 7.05 Å². The highest BCUT2D eigenvalue weighted by atomic mass is 32.2. The molecule has 0 aliphatic rings. The molecular weight excluding hydrogens is 340 g/mol. The fourth-order valence-electron chi connectivity index (χ4n) is 1.57. The van der Waals surface area contributed by atoms with Gasteiger partial charge in [-0.15, -0.1) is 16.2 Å². The Bertz CT molecular complexity index is 549. The number of nitroso groups, excluding NO2 is 1. The van der Waals surface area contributed by atoms with Crippen molar-refractivity contribution in [3.8, 4) is 0 Å². The van der Waals surface area contributed by atoms with Crippen molar-refractivity contribution in [3.63, 3.8) is 0 Å². The molecule has 0 radical (unpaired) electrons. The van der Waals surface area contributed by atoms with Crippen LogP contribution in [0.2, 0.25) is 0 Å². The van der Waals surface area contributed by atoms with Crippen LogP contribution in [0.25, 0.3) is 0 Å². The van der Waals surface area contributed by atoms with Crippen molar-refractivity contribution in [2.24, 2.45) is 5.29 Å². The van der Waals surface area contributed by atoms with E-state index >= 15 is 0 Å². The summed E-state index contributed by atoms with van der Waals surface area (Å²) >= 11 is 3.30. The molecule has 0 atom stereocenters.